The van der Waals surface area contributed by atoms with Crippen molar-refractivity contribution in [3.05, 3.63) is 18.5 Å². The van der Waals surface area contributed by atoms with Gasteiger partial charge in [-0.2, -0.15) is 0 Å². The van der Waals surface area contributed by atoms with E-state index in [-0.39, 0.29) is 6.10 Å². The molecule has 0 bridgehead atoms. The Balaban J connectivity index is 1.48. The fourth-order valence-electron chi connectivity index (χ4n) is 3.14. The van der Waals surface area contributed by atoms with E-state index < -0.39 is 0 Å². The monoisotopic (exact) mass is 290 g/mol. The summed E-state index contributed by atoms with van der Waals surface area (Å²) in [7, 11) is 0. The number of rotatable bonds is 6. The Hall–Kier alpha value is -1.33. The zero-order chi connectivity index (χ0) is 14.5. The fourth-order valence-corrected chi connectivity index (χ4v) is 3.14. The summed E-state index contributed by atoms with van der Waals surface area (Å²) >= 11 is 0. The van der Waals surface area contributed by atoms with E-state index in [1.807, 2.05) is 12.4 Å². The molecule has 3 heterocycles. The van der Waals surface area contributed by atoms with Gasteiger partial charge >= 0.3 is 0 Å². The summed E-state index contributed by atoms with van der Waals surface area (Å²) in [6, 6.07) is 2.79. The van der Waals surface area contributed by atoms with Gasteiger partial charge in [-0.05, 0) is 31.9 Å². The van der Waals surface area contributed by atoms with Gasteiger partial charge in [-0.3, -0.25) is 9.88 Å². The highest BCUT2D eigenvalue weighted by molar-refractivity contribution is 5.53. The Kier molecular flexibility index (Phi) is 4.93. The van der Waals surface area contributed by atoms with Crippen LogP contribution >= 0.6 is 0 Å². The van der Waals surface area contributed by atoms with Crippen LogP contribution in [0.2, 0.25) is 0 Å². The molecule has 0 amide bonds. The largest absolute Gasteiger partial charge is 0.384 e. The van der Waals surface area contributed by atoms with Gasteiger partial charge in [-0.1, -0.05) is 6.92 Å². The molecule has 0 saturated carbocycles. The molecule has 1 aromatic rings. The Bertz CT molecular complexity index is 454. The summed E-state index contributed by atoms with van der Waals surface area (Å²) in [5.74, 6) is 0. The third kappa shape index (κ3) is 3.86. The van der Waals surface area contributed by atoms with Crippen LogP contribution < -0.4 is 10.6 Å². The molecule has 3 rings (SSSR count). The number of aromatic nitrogens is 1. The first-order chi connectivity index (χ1) is 10.3. The van der Waals surface area contributed by atoms with Crippen molar-refractivity contribution in [3.63, 3.8) is 0 Å². The molecule has 2 fully saturated rings. The van der Waals surface area contributed by atoms with Gasteiger partial charge in [-0.15, -0.1) is 0 Å². The van der Waals surface area contributed by atoms with Crippen molar-refractivity contribution in [2.75, 3.05) is 43.4 Å². The second-order valence-corrected chi connectivity index (χ2v) is 6.02. The lowest BCUT2D eigenvalue weighted by Crippen LogP contribution is -2.48. The summed E-state index contributed by atoms with van der Waals surface area (Å²) in [5.41, 5.74) is 2.13. The fraction of sp³-hybridized carbons (Fsp3) is 0.688. The zero-order valence-electron chi connectivity index (χ0n) is 12.8. The van der Waals surface area contributed by atoms with E-state index >= 15 is 0 Å². The molecule has 0 aromatic carbocycles. The lowest BCUT2D eigenvalue weighted by atomic mass is 10.2. The molecule has 5 nitrogen and oxygen atoms in total. The standard InChI is InChI=1S/C16H26N4O/c1-2-5-18-13-7-14(9-17-8-13)19-10-16-11-20-6-3-4-15(20)12-21-16/h7-9,15-16,18-19H,2-6,10-12H2,1H3. The van der Waals surface area contributed by atoms with E-state index in [9.17, 15) is 0 Å². The van der Waals surface area contributed by atoms with Crippen molar-refractivity contribution in [1.82, 2.24) is 9.88 Å². The minimum Gasteiger partial charge on any atom is -0.384 e. The summed E-state index contributed by atoms with van der Waals surface area (Å²) in [4.78, 5) is 6.85. The molecule has 2 aliphatic heterocycles. The van der Waals surface area contributed by atoms with Crippen molar-refractivity contribution in [2.45, 2.75) is 38.3 Å². The molecule has 5 heteroatoms. The number of pyridine rings is 1. The number of morpholine rings is 1. The van der Waals surface area contributed by atoms with Gasteiger partial charge < -0.3 is 15.4 Å². The Morgan fingerprint density at radius 3 is 3.05 bits per heavy atom. The molecule has 2 unspecified atom stereocenters. The van der Waals surface area contributed by atoms with Crippen LogP contribution in [0, 0.1) is 0 Å². The first kappa shape index (κ1) is 14.6. The van der Waals surface area contributed by atoms with E-state index in [2.05, 4.69) is 33.5 Å². The number of anilines is 2. The molecule has 21 heavy (non-hydrogen) atoms. The SMILES string of the molecule is CCCNc1cncc(NCC2CN3CCCC3CO2)c1. The number of nitrogens with one attached hydrogen (secondary N) is 2. The summed E-state index contributed by atoms with van der Waals surface area (Å²) < 4.78 is 5.97. The number of fused-ring (bicyclic) bond motifs is 1. The van der Waals surface area contributed by atoms with Crippen LogP contribution in [0.25, 0.3) is 0 Å². The highest BCUT2D eigenvalue weighted by Gasteiger charge is 2.31. The van der Waals surface area contributed by atoms with E-state index in [0.717, 1.165) is 44.0 Å². The lowest BCUT2D eigenvalue weighted by molar-refractivity contribution is -0.0415. The molecule has 0 radical (unpaired) electrons. The van der Waals surface area contributed by atoms with Crippen molar-refractivity contribution in [1.29, 1.82) is 0 Å². The molecular weight excluding hydrogens is 264 g/mol. The summed E-state index contributed by atoms with van der Waals surface area (Å²) in [6.07, 6.45) is 7.76. The maximum Gasteiger partial charge on any atom is 0.0874 e. The maximum atomic E-state index is 5.97. The lowest BCUT2D eigenvalue weighted by Gasteiger charge is -2.35. The summed E-state index contributed by atoms with van der Waals surface area (Å²) in [5, 5.41) is 6.82. The summed E-state index contributed by atoms with van der Waals surface area (Å²) in [6.45, 7) is 7.17. The minimum atomic E-state index is 0.284. The van der Waals surface area contributed by atoms with Crippen LogP contribution in [-0.4, -0.2) is 54.8 Å². The molecular formula is C16H26N4O. The van der Waals surface area contributed by atoms with Crippen LogP contribution in [0.5, 0.6) is 0 Å². The average Bonchev–Trinajstić information content (AvgIpc) is 2.99. The normalized spacial score (nSPS) is 25.6. The highest BCUT2D eigenvalue weighted by Crippen LogP contribution is 2.23. The third-order valence-electron chi connectivity index (χ3n) is 4.31. The first-order valence-corrected chi connectivity index (χ1v) is 8.13. The van der Waals surface area contributed by atoms with E-state index in [4.69, 9.17) is 4.74 Å². The zero-order valence-corrected chi connectivity index (χ0v) is 12.8. The molecule has 1 aromatic heterocycles. The van der Waals surface area contributed by atoms with Crippen LogP contribution in [0.1, 0.15) is 26.2 Å². The van der Waals surface area contributed by atoms with Gasteiger partial charge in [0.05, 0.1) is 36.5 Å². The number of ether oxygens (including phenoxy) is 1. The van der Waals surface area contributed by atoms with Crippen molar-refractivity contribution in [2.24, 2.45) is 0 Å². The van der Waals surface area contributed by atoms with Crippen LogP contribution in [0.3, 0.4) is 0 Å². The maximum absolute atomic E-state index is 5.97. The molecule has 0 aliphatic carbocycles. The van der Waals surface area contributed by atoms with Crippen LogP contribution in [0.4, 0.5) is 11.4 Å². The molecule has 116 valence electrons. The molecule has 0 spiro atoms. The van der Waals surface area contributed by atoms with E-state index in [0.29, 0.717) is 6.04 Å². The minimum absolute atomic E-state index is 0.284. The van der Waals surface area contributed by atoms with Gasteiger partial charge in [0.2, 0.25) is 0 Å². The molecule has 2 atom stereocenters. The Labute approximate surface area is 127 Å². The first-order valence-electron chi connectivity index (χ1n) is 8.13. The second-order valence-electron chi connectivity index (χ2n) is 6.02. The predicted molar refractivity (Wildman–Crippen MR) is 85.8 cm³/mol. The highest BCUT2D eigenvalue weighted by atomic mass is 16.5. The smallest absolute Gasteiger partial charge is 0.0874 e. The molecule has 2 aliphatic rings. The van der Waals surface area contributed by atoms with Crippen LogP contribution in [-0.2, 0) is 4.74 Å². The topological polar surface area (TPSA) is 49.4 Å². The van der Waals surface area contributed by atoms with Gasteiger partial charge in [0.1, 0.15) is 0 Å². The number of hydrogen-bond donors (Lipinski definition) is 2. The van der Waals surface area contributed by atoms with Gasteiger partial charge in [0, 0.05) is 25.7 Å². The van der Waals surface area contributed by atoms with Gasteiger partial charge in [-0.25, -0.2) is 0 Å². The quantitative estimate of drug-likeness (QED) is 0.841. The third-order valence-corrected chi connectivity index (χ3v) is 4.31. The van der Waals surface area contributed by atoms with Crippen LogP contribution in [0.15, 0.2) is 18.5 Å². The Morgan fingerprint density at radius 2 is 2.19 bits per heavy atom. The van der Waals surface area contributed by atoms with Crippen molar-refractivity contribution < 1.29 is 4.74 Å². The van der Waals surface area contributed by atoms with Crippen molar-refractivity contribution in [3.8, 4) is 0 Å². The van der Waals surface area contributed by atoms with Gasteiger partial charge in [0.25, 0.3) is 0 Å². The van der Waals surface area contributed by atoms with Crippen molar-refractivity contribution >= 4 is 11.4 Å². The average molecular weight is 290 g/mol. The number of hydrogen-bond acceptors (Lipinski definition) is 5. The second kappa shape index (κ2) is 7.09. The number of nitrogens with zero attached hydrogens (tertiary/aromatic N) is 2. The van der Waals surface area contributed by atoms with E-state index in [1.54, 1.807) is 0 Å². The molecule has 2 saturated heterocycles. The molecule has 2 N–H and O–H groups in total. The van der Waals surface area contributed by atoms with E-state index in [1.165, 1.54) is 19.4 Å². The predicted octanol–water partition coefficient (Wildman–Crippen LogP) is 2.18. The Morgan fingerprint density at radius 1 is 1.33 bits per heavy atom. The van der Waals surface area contributed by atoms with Gasteiger partial charge in [0.15, 0.2) is 0 Å².